The lowest BCUT2D eigenvalue weighted by Crippen LogP contribution is -2.13. The summed E-state index contributed by atoms with van der Waals surface area (Å²) in [6, 6.07) is 5.45. The SMILES string of the molecule is CC(C)Oc1ccc(C(=O)CSC(C)C)c(OC(C)C)c1. The molecule has 1 aromatic carbocycles. The van der Waals surface area contributed by atoms with E-state index in [0.29, 0.717) is 22.3 Å². The van der Waals surface area contributed by atoms with Crippen LogP contribution in [0.3, 0.4) is 0 Å². The second-order valence-corrected chi connectivity index (χ2v) is 7.34. The van der Waals surface area contributed by atoms with Crippen LogP contribution in [0.15, 0.2) is 18.2 Å². The van der Waals surface area contributed by atoms with Gasteiger partial charge >= 0.3 is 0 Å². The molecule has 0 amide bonds. The van der Waals surface area contributed by atoms with Crippen molar-refractivity contribution in [1.82, 2.24) is 0 Å². The topological polar surface area (TPSA) is 35.5 Å². The number of carbonyl (C=O) groups is 1. The van der Waals surface area contributed by atoms with Crippen molar-refractivity contribution in [2.24, 2.45) is 0 Å². The van der Waals surface area contributed by atoms with Crippen LogP contribution in [0, 0.1) is 0 Å². The monoisotopic (exact) mass is 310 g/mol. The van der Waals surface area contributed by atoms with Crippen LogP contribution in [0.25, 0.3) is 0 Å². The van der Waals surface area contributed by atoms with Crippen LogP contribution in [-0.2, 0) is 0 Å². The first-order valence-electron chi connectivity index (χ1n) is 7.41. The van der Waals surface area contributed by atoms with Crippen LogP contribution in [0.4, 0.5) is 0 Å². The van der Waals surface area contributed by atoms with Crippen LogP contribution in [-0.4, -0.2) is 29.0 Å². The third-order valence-corrected chi connectivity index (χ3v) is 3.63. The van der Waals surface area contributed by atoms with Gasteiger partial charge in [0.1, 0.15) is 11.5 Å². The number of Topliss-reactive ketones (excluding diaryl/α,β-unsaturated/α-hetero) is 1. The summed E-state index contributed by atoms with van der Waals surface area (Å²) in [6.45, 7) is 12.0. The molecule has 0 spiro atoms. The molecular weight excluding hydrogens is 284 g/mol. The summed E-state index contributed by atoms with van der Waals surface area (Å²) in [6.07, 6.45) is 0.110. The third-order valence-electron chi connectivity index (χ3n) is 2.54. The molecule has 0 bridgehead atoms. The largest absolute Gasteiger partial charge is 0.491 e. The van der Waals surface area contributed by atoms with E-state index in [1.54, 1.807) is 17.8 Å². The van der Waals surface area contributed by atoms with Crippen molar-refractivity contribution in [3.8, 4) is 11.5 Å². The minimum absolute atomic E-state index is 0.0172. The highest BCUT2D eigenvalue weighted by molar-refractivity contribution is 8.00. The predicted octanol–water partition coefficient (Wildman–Crippen LogP) is 4.59. The van der Waals surface area contributed by atoms with Gasteiger partial charge in [-0.25, -0.2) is 0 Å². The first kappa shape index (κ1) is 17.9. The third kappa shape index (κ3) is 6.42. The number of thioether (sulfide) groups is 1. The van der Waals surface area contributed by atoms with E-state index in [9.17, 15) is 4.79 Å². The van der Waals surface area contributed by atoms with Gasteiger partial charge in [-0.3, -0.25) is 4.79 Å². The zero-order chi connectivity index (χ0) is 16.0. The second-order valence-electron chi connectivity index (χ2n) is 5.77. The van der Waals surface area contributed by atoms with Crippen LogP contribution in [0.1, 0.15) is 51.9 Å². The molecule has 0 heterocycles. The Labute approximate surface area is 132 Å². The lowest BCUT2D eigenvalue weighted by molar-refractivity contribution is 0.101. The molecule has 0 unspecified atom stereocenters. The van der Waals surface area contributed by atoms with Gasteiger partial charge in [-0.15, -0.1) is 0 Å². The molecule has 3 nitrogen and oxygen atoms in total. The molecule has 0 aliphatic rings. The summed E-state index contributed by atoms with van der Waals surface area (Å²) >= 11 is 1.64. The zero-order valence-corrected chi connectivity index (χ0v) is 14.6. The normalized spacial score (nSPS) is 11.3. The summed E-state index contributed by atoms with van der Waals surface area (Å²) < 4.78 is 11.5. The predicted molar refractivity (Wildman–Crippen MR) is 89.9 cm³/mol. The van der Waals surface area contributed by atoms with E-state index < -0.39 is 0 Å². The van der Waals surface area contributed by atoms with Crippen LogP contribution in [0.5, 0.6) is 11.5 Å². The molecule has 0 atom stereocenters. The standard InChI is InChI=1S/C17H26O3S/c1-11(2)19-14-7-8-15(16(18)10-21-13(5)6)17(9-14)20-12(3)4/h7-9,11-13H,10H2,1-6H3. The lowest BCUT2D eigenvalue weighted by atomic mass is 10.1. The molecule has 1 aromatic rings. The van der Waals surface area contributed by atoms with Gasteiger partial charge in [0.15, 0.2) is 5.78 Å². The molecular formula is C17H26O3S. The number of carbonyl (C=O) groups excluding carboxylic acids is 1. The van der Waals surface area contributed by atoms with Crippen molar-refractivity contribution in [1.29, 1.82) is 0 Å². The number of ketones is 1. The van der Waals surface area contributed by atoms with Gasteiger partial charge in [-0.1, -0.05) is 13.8 Å². The van der Waals surface area contributed by atoms with Gasteiger partial charge < -0.3 is 9.47 Å². The molecule has 0 fully saturated rings. The molecule has 21 heavy (non-hydrogen) atoms. The number of hydrogen-bond acceptors (Lipinski definition) is 4. The van der Waals surface area contributed by atoms with Gasteiger partial charge in [-0.05, 0) is 45.1 Å². The van der Waals surface area contributed by atoms with Crippen LogP contribution >= 0.6 is 11.8 Å². The Morgan fingerprint density at radius 1 is 1.05 bits per heavy atom. The van der Waals surface area contributed by atoms with Crippen LogP contribution in [0.2, 0.25) is 0 Å². The maximum Gasteiger partial charge on any atom is 0.176 e. The Hall–Kier alpha value is -1.16. The Balaban J connectivity index is 2.97. The highest BCUT2D eigenvalue weighted by Crippen LogP contribution is 2.28. The number of ether oxygens (including phenoxy) is 2. The highest BCUT2D eigenvalue weighted by atomic mass is 32.2. The Morgan fingerprint density at radius 2 is 1.67 bits per heavy atom. The fourth-order valence-electron chi connectivity index (χ4n) is 1.75. The summed E-state index contributed by atoms with van der Waals surface area (Å²) in [5, 5.41) is 0.437. The van der Waals surface area contributed by atoms with Crippen molar-refractivity contribution in [2.45, 2.75) is 59.0 Å². The van der Waals surface area contributed by atoms with Gasteiger partial charge in [0.25, 0.3) is 0 Å². The van der Waals surface area contributed by atoms with E-state index in [4.69, 9.17) is 9.47 Å². The average molecular weight is 310 g/mol. The van der Waals surface area contributed by atoms with Crippen molar-refractivity contribution in [3.05, 3.63) is 23.8 Å². The van der Waals surface area contributed by atoms with Crippen molar-refractivity contribution in [2.75, 3.05) is 5.75 Å². The van der Waals surface area contributed by atoms with Gasteiger partial charge in [0.05, 0.1) is 23.5 Å². The lowest BCUT2D eigenvalue weighted by Gasteiger charge is -2.17. The van der Waals surface area contributed by atoms with E-state index in [1.165, 1.54) is 0 Å². The molecule has 4 heteroatoms. The molecule has 0 aliphatic heterocycles. The highest BCUT2D eigenvalue weighted by Gasteiger charge is 2.16. The fraction of sp³-hybridized carbons (Fsp3) is 0.588. The Morgan fingerprint density at radius 3 is 2.19 bits per heavy atom. The molecule has 118 valence electrons. The van der Waals surface area contributed by atoms with Crippen LogP contribution < -0.4 is 9.47 Å². The van der Waals surface area contributed by atoms with Gasteiger partial charge in [0, 0.05) is 6.07 Å². The quantitative estimate of drug-likeness (QED) is 0.658. The van der Waals surface area contributed by atoms with Crippen molar-refractivity contribution in [3.63, 3.8) is 0 Å². The number of benzene rings is 1. The Kier molecular flexibility index (Phi) is 7.09. The number of rotatable bonds is 8. The summed E-state index contributed by atoms with van der Waals surface area (Å²) in [7, 11) is 0. The van der Waals surface area contributed by atoms with Crippen molar-refractivity contribution >= 4 is 17.5 Å². The summed E-state index contributed by atoms with van der Waals surface area (Å²) in [4.78, 5) is 12.3. The molecule has 0 saturated heterocycles. The smallest absolute Gasteiger partial charge is 0.176 e. The first-order valence-corrected chi connectivity index (χ1v) is 8.46. The molecule has 0 saturated carbocycles. The van der Waals surface area contributed by atoms with Gasteiger partial charge in [-0.2, -0.15) is 11.8 Å². The van der Waals surface area contributed by atoms with E-state index >= 15 is 0 Å². The van der Waals surface area contributed by atoms with Crippen molar-refractivity contribution < 1.29 is 14.3 Å². The van der Waals surface area contributed by atoms with Gasteiger partial charge in [0.2, 0.25) is 0 Å². The van der Waals surface area contributed by atoms with E-state index in [0.717, 1.165) is 5.75 Å². The maximum absolute atomic E-state index is 12.3. The maximum atomic E-state index is 12.3. The second kappa shape index (κ2) is 8.32. The molecule has 0 aliphatic carbocycles. The van der Waals surface area contributed by atoms with E-state index in [-0.39, 0.29) is 18.0 Å². The number of hydrogen-bond donors (Lipinski definition) is 0. The fourth-order valence-corrected chi connectivity index (χ4v) is 2.39. The summed E-state index contributed by atoms with van der Waals surface area (Å²) in [5.74, 6) is 1.91. The van der Waals surface area contributed by atoms with E-state index in [2.05, 4.69) is 13.8 Å². The molecule has 0 radical (unpaired) electrons. The van der Waals surface area contributed by atoms with E-state index in [1.807, 2.05) is 39.8 Å². The molecule has 1 rings (SSSR count). The molecule has 0 aromatic heterocycles. The average Bonchev–Trinajstić information content (AvgIpc) is 2.34. The minimum Gasteiger partial charge on any atom is -0.491 e. The summed E-state index contributed by atoms with van der Waals surface area (Å²) in [5.41, 5.74) is 0.632. The Bertz CT molecular complexity index is 467. The minimum atomic E-state index is 0.0172. The zero-order valence-electron chi connectivity index (χ0n) is 13.8. The molecule has 0 N–H and O–H groups in total. The first-order chi connectivity index (χ1) is 9.79.